The lowest BCUT2D eigenvalue weighted by atomic mass is 9.94. The van der Waals surface area contributed by atoms with Gasteiger partial charge in [0.1, 0.15) is 0 Å². The lowest BCUT2D eigenvalue weighted by Gasteiger charge is -2.34. The monoisotopic (exact) mass is 329 g/mol. The third-order valence-electron chi connectivity index (χ3n) is 5.21. The molecule has 1 aromatic carbocycles. The number of amides is 2. The van der Waals surface area contributed by atoms with Gasteiger partial charge in [-0.15, -0.1) is 0 Å². The molecule has 0 spiro atoms. The molecule has 1 unspecified atom stereocenters. The lowest BCUT2D eigenvalue weighted by Crippen LogP contribution is -2.46. The van der Waals surface area contributed by atoms with Crippen LogP contribution >= 0.6 is 0 Å². The van der Waals surface area contributed by atoms with Crippen molar-refractivity contribution in [2.75, 3.05) is 23.8 Å². The molecule has 1 aliphatic carbocycles. The summed E-state index contributed by atoms with van der Waals surface area (Å²) in [6.07, 6.45) is 6.50. The molecule has 1 aliphatic heterocycles. The first kappa shape index (κ1) is 17.0. The number of rotatable bonds is 3. The summed E-state index contributed by atoms with van der Waals surface area (Å²) in [7, 11) is 2.05. The van der Waals surface area contributed by atoms with Crippen LogP contribution in [0, 0.1) is 0 Å². The van der Waals surface area contributed by atoms with Crippen molar-refractivity contribution < 1.29 is 9.59 Å². The highest BCUT2D eigenvalue weighted by molar-refractivity contribution is 6.04. The summed E-state index contributed by atoms with van der Waals surface area (Å²) in [5, 5.41) is 2.91. The topological polar surface area (TPSA) is 52.7 Å². The minimum atomic E-state index is -0.138. The predicted molar refractivity (Wildman–Crippen MR) is 96.1 cm³/mol. The molecule has 2 aliphatic rings. The van der Waals surface area contributed by atoms with Crippen LogP contribution < -0.4 is 10.2 Å². The van der Waals surface area contributed by atoms with Gasteiger partial charge in [0.15, 0.2) is 0 Å². The first-order chi connectivity index (χ1) is 11.6. The number of likely N-dealkylation sites (N-methyl/N-ethyl adjacent to an activating group) is 1. The number of carbonyl (C=O) groups is 2. The van der Waals surface area contributed by atoms with Crippen LogP contribution in [0.15, 0.2) is 24.3 Å². The van der Waals surface area contributed by atoms with Crippen molar-refractivity contribution in [1.29, 1.82) is 0 Å². The fraction of sp³-hybridized carbons (Fsp3) is 0.579. The smallest absolute Gasteiger partial charge is 0.241 e. The van der Waals surface area contributed by atoms with Crippen molar-refractivity contribution in [3.8, 4) is 0 Å². The number of fused-ring (bicyclic) bond motifs is 1. The maximum atomic E-state index is 13.0. The van der Waals surface area contributed by atoms with Crippen LogP contribution in [-0.4, -0.2) is 42.4 Å². The fourth-order valence-electron chi connectivity index (χ4n) is 3.91. The highest BCUT2D eigenvalue weighted by atomic mass is 16.2. The van der Waals surface area contributed by atoms with Gasteiger partial charge in [-0.3, -0.25) is 14.5 Å². The summed E-state index contributed by atoms with van der Waals surface area (Å²) in [6.45, 7) is 2.34. The Morgan fingerprint density at radius 2 is 1.96 bits per heavy atom. The first-order valence-corrected chi connectivity index (χ1v) is 8.97. The van der Waals surface area contributed by atoms with E-state index in [-0.39, 0.29) is 17.9 Å². The maximum Gasteiger partial charge on any atom is 0.241 e. The molecule has 3 rings (SSSR count). The van der Waals surface area contributed by atoms with Crippen molar-refractivity contribution >= 4 is 23.2 Å². The second-order valence-corrected chi connectivity index (χ2v) is 7.09. The summed E-state index contributed by atoms with van der Waals surface area (Å²) in [4.78, 5) is 29.1. The molecule has 1 heterocycles. The average molecular weight is 329 g/mol. The van der Waals surface area contributed by atoms with Gasteiger partial charge in [-0.25, -0.2) is 0 Å². The largest absolute Gasteiger partial charge is 0.324 e. The second kappa shape index (κ2) is 7.34. The minimum absolute atomic E-state index is 0.0362. The number of anilines is 2. The summed E-state index contributed by atoms with van der Waals surface area (Å²) in [5.41, 5.74) is 1.53. The van der Waals surface area contributed by atoms with Crippen molar-refractivity contribution in [1.82, 2.24) is 4.90 Å². The van der Waals surface area contributed by atoms with Crippen LogP contribution in [0.25, 0.3) is 0 Å². The summed E-state index contributed by atoms with van der Waals surface area (Å²) in [5.74, 6) is 0.0328. The van der Waals surface area contributed by atoms with Gasteiger partial charge in [-0.05, 0) is 38.9 Å². The number of carbonyl (C=O) groups excluding carboxylic acids is 2. The molecule has 1 fully saturated rings. The molecule has 0 saturated heterocycles. The Bertz CT molecular complexity index is 610. The van der Waals surface area contributed by atoms with E-state index in [0.29, 0.717) is 19.0 Å². The Labute approximate surface area is 144 Å². The zero-order valence-electron chi connectivity index (χ0n) is 14.6. The van der Waals surface area contributed by atoms with Crippen LogP contribution in [0.4, 0.5) is 11.4 Å². The normalized spacial score (nSPS) is 22.0. The van der Waals surface area contributed by atoms with Crippen molar-refractivity contribution in [3.63, 3.8) is 0 Å². The van der Waals surface area contributed by atoms with E-state index in [9.17, 15) is 9.59 Å². The Kier molecular flexibility index (Phi) is 5.19. The fourth-order valence-corrected chi connectivity index (χ4v) is 3.91. The molecule has 5 nitrogen and oxygen atoms in total. The molecule has 1 saturated carbocycles. The zero-order valence-corrected chi connectivity index (χ0v) is 14.6. The van der Waals surface area contributed by atoms with E-state index in [1.54, 1.807) is 4.90 Å². The van der Waals surface area contributed by atoms with Gasteiger partial charge in [-0.1, -0.05) is 31.4 Å². The lowest BCUT2D eigenvalue weighted by molar-refractivity contribution is -0.120. The van der Waals surface area contributed by atoms with Crippen LogP contribution in [0.3, 0.4) is 0 Å². The van der Waals surface area contributed by atoms with Gasteiger partial charge in [-0.2, -0.15) is 0 Å². The Hall–Kier alpha value is -1.88. The van der Waals surface area contributed by atoms with E-state index in [1.807, 2.05) is 38.2 Å². The van der Waals surface area contributed by atoms with E-state index in [0.717, 1.165) is 11.4 Å². The highest BCUT2D eigenvalue weighted by Crippen LogP contribution is 2.31. The zero-order chi connectivity index (χ0) is 17.1. The van der Waals surface area contributed by atoms with Gasteiger partial charge in [0.25, 0.3) is 0 Å². The van der Waals surface area contributed by atoms with E-state index in [4.69, 9.17) is 0 Å². The molecule has 1 atom stereocenters. The van der Waals surface area contributed by atoms with E-state index < -0.39 is 0 Å². The van der Waals surface area contributed by atoms with Gasteiger partial charge in [0.05, 0.1) is 17.9 Å². The van der Waals surface area contributed by atoms with Gasteiger partial charge in [0, 0.05) is 18.5 Å². The van der Waals surface area contributed by atoms with E-state index >= 15 is 0 Å². The third-order valence-corrected chi connectivity index (χ3v) is 5.21. The number of benzene rings is 1. The molecule has 1 aromatic rings. The summed E-state index contributed by atoms with van der Waals surface area (Å²) in [6, 6.07) is 7.92. The number of para-hydroxylation sites is 2. The maximum absolute atomic E-state index is 13.0. The number of hydrogen-bond donors (Lipinski definition) is 1. The third kappa shape index (κ3) is 3.61. The second-order valence-electron chi connectivity index (χ2n) is 7.09. The molecule has 130 valence electrons. The van der Waals surface area contributed by atoms with E-state index in [2.05, 4.69) is 10.2 Å². The SMILES string of the molecule is CC1CC(=O)Nc2ccccc2N1C(=O)CN(C)C1CCCCC1. The van der Waals surface area contributed by atoms with Crippen molar-refractivity contribution in [2.24, 2.45) is 0 Å². The number of nitrogens with one attached hydrogen (secondary N) is 1. The summed E-state index contributed by atoms with van der Waals surface area (Å²) >= 11 is 0. The summed E-state index contributed by atoms with van der Waals surface area (Å²) < 4.78 is 0. The first-order valence-electron chi connectivity index (χ1n) is 8.97. The molecule has 0 aromatic heterocycles. The van der Waals surface area contributed by atoms with E-state index in [1.165, 1.54) is 32.1 Å². The van der Waals surface area contributed by atoms with Crippen LogP contribution in [0.1, 0.15) is 45.4 Å². The standard InChI is InChI=1S/C19H27N3O2/c1-14-12-18(23)20-16-10-6-7-11-17(16)22(14)19(24)13-21(2)15-8-4-3-5-9-15/h6-7,10-11,14-15H,3-5,8-9,12-13H2,1-2H3,(H,20,23). The van der Waals surface area contributed by atoms with Gasteiger partial charge >= 0.3 is 0 Å². The van der Waals surface area contributed by atoms with Gasteiger partial charge < -0.3 is 10.2 Å². The number of hydrogen-bond acceptors (Lipinski definition) is 3. The minimum Gasteiger partial charge on any atom is -0.324 e. The molecule has 0 radical (unpaired) electrons. The molecule has 5 heteroatoms. The number of nitrogens with zero attached hydrogens (tertiary/aromatic N) is 2. The Balaban J connectivity index is 1.78. The molecular weight excluding hydrogens is 302 g/mol. The van der Waals surface area contributed by atoms with Crippen LogP contribution in [-0.2, 0) is 9.59 Å². The molecule has 24 heavy (non-hydrogen) atoms. The quantitative estimate of drug-likeness (QED) is 0.927. The van der Waals surface area contributed by atoms with Crippen LogP contribution in [0.2, 0.25) is 0 Å². The van der Waals surface area contributed by atoms with Crippen LogP contribution in [0.5, 0.6) is 0 Å². The Morgan fingerprint density at radius 1 is 1.25 bits per heavy atom. The molecule has 2 amide bonds. The molecule has 0 bridgehead atoms. The molecular formula is C19H27N3O2. The average Bonchev–Trinajstić information content (AvgIpc) is 2.69. The highest BCUT2D eigenvalue weighted by Gasteiger charge is 2.31. The van der Waals surface area contributed by atoms with Crippen molar-refractivity contribution in [3.05, 3.63) is 24.3 Å². The van der Waals surface area contributed by atoms with Crippen molar-refractivity contribution in [2.45, 2.75) is 57.5 Å². The van der Waals surface area contributed by atoms with Gasteiger partial charge in [0.2, 0.25) is 11.8 Å². The Morgan fingerprint density at radius 3 is 2.71 bits per heavy atom. The molecule has 1 N–H and O–H groups in total. The predicted octanol–water partition coefficient (Wildman–Crippen LogP) is 3.01.